The maximum absolute atomic E-state index is 12.6. The third-order valence-electron chi connectivity index (χ3n) is 3.90. The molecule has 122 valence electrons. The van der Waals surface area contributed by atoms with Crippen molar-refractivity contribution in [3.63, 3.8) is 0 Å². The predicted octanol–water partition coefficient (Wildman–Crippen LogP) is 2.96. The summed E-state index contributed by atoms with van der Waals surface area (Å²) in [6.07, 6.45) is 0.154. The van der Waals surface area contributed by atoms with Gasteiger partial charge in [-0.25, -0.2) is 0 Å². The number of aromatic amines is 1. The number of nitrogens with zero attached hydrogens (tertiary/aromatic N) is 1. The van der Waals surface area contributed by atoms with Gasteiger partial charge in [-0.05, 0) is 36.8 Å². The molecule has 3 rings (SSSR count). The van der Waals surface area contributed by atoms with Gasteiger partial charge in [-0.2, -0.15) is 0 Å². The molecule has 2 N–H and O–H groups in total. The number of morpholine rings is 1. The van der Waals surface area contributed by atoms with Crippen LogP contribution in [0.3, 0.4) is 0 Å². The molecule has 1 aliphatic rings. The summed E-state index contributed by atoms with van der Waals surface area (Å²) in [6, 6.07) is 6.99. The van der Waals surface area contributed by atoms with Crippen LogP contribution in [0.4, 0.5) is 0 Å². The fourth-order valence-corrected chi connectivity index (χ4v) is 3.94. The number of aryl methyl sites for hydroxylation is 1. The van der Waals surface area contributed by atoms with Gasteiger partial charge in [0, 0.05) is 17.1 Å². The van der Waals surface area contributed by atoms with Gasteiger partial charge >= 0.3 is 0 Å². The molecule has 1 aromatic carbocycles. The smallest absolute Gasteiger partial charge is 0.228 e. The number of nitrogens with one attached hydrogen (secondary N) is 1. The Labute approximate surface area is 143 Å². The van der Waals surface area contributed by atoms with E-state index in [0.29, 0.717) is 30.1 Å². The quantitative estimate of drug-likeness (QED) is 0.836. The van der Waals surface area contributed by atoms with E-state index in [1.165, 1.54) is 11.3 Å². The van der Waals surface area contributed by atoms with Crippen LogP contribution in [0, 0.1) is 10.9 Å². The van der Waals surface area contributed by atoms with Gasteiger partial charge in [-0.3, -0.25) is 4.79 Å². The average Bonchev–Trinajstić information content (AvgIpc) is 2.85. The highest BCUT2D eigenvalue weighted by Gasteiger charge is 2.26. The molecule has 1 aliphatic heterocycles. The topological polar surface area (TPSA) is 65.6 Å². The Morgan fingerprint density at radius 3 is 3.09 bits per heavy atom. The summed E-state index contributed by atoms with van der Waals surface area (Å²) >= 11 is 6.57. The normalized spacial score (nSPS) is 18.1. The molecule has 23 heavy (non-hydrogen) atoms. The lowest BCUT2D eigenvalue weighted by Crippen LogP contribution is -2.42. The molecule has 2 aromatic rings. The van der Waals surface area contributed by atoms with Crippen molar-refractivity contribution < 1.29 is 14.6 Å². The number of hydrogen-bond acceptors (Lipinski definition) is 5. The number of rotatable bonds is 3. The van der Waals surface area contributed by atoms with Crippen molar-refractivity contribution in [1.82, 2.24) is 9.88 Å². The van der Waals surface area contributed by atoms with Crippen molar-refractivity contribution in [2.75, 3.05) is 19.7 Å². The van der Waals surface area contributed by atoms with E-state index < -0.39 is 0 Å². The highest BCUT2D eigenvalue weighted by molar-refractivity contribution is 7.73. The Morgan fingerprint density at radius 1 is 1.57 bits per heavy atom. The van der Waals surface area contributed by atoms with Crippen LogP contribution in [0.2, 0.25) is 0 Å². The van der Waals surface area contributed by atoms with Gasteiger partial charge in [-0.15, -0.1) is 11.3 Å². The molecule has 1 amide bonds. The first-order valence-electron chi connectivity index (χ1n) is 7.40. The number of phenolic OH excluding ortho intramolecular Hbond substituents is 1. The molecule has 1 saturated heterocycles. The summed E-state index contributed by atoms with van der Waals surface area (Å²) in [4.78, 5) is 18.4. The molecule has 1 atom stereocenters. The Morgan fingerprint density at radius 2 is 2.39 bits per heavy atom. The number of H-pyrrole nitrogens is 1. The second kappa shape index (κ2) is 6.82. The molecule has 2 heterocycles. The number of carbonyl (C=O) groups is 1. The van der Waals surface area contributed by atoms with Gasteiger partial charge in [0.25, 0.3) is 0 Å². The minimum Gasteiger partial charge on any atom is -0.508 e. The minimum atomic E-state index is -0.203. The maximum Gasteiger partial charge on any atom is 0.228 e. The lowest BCUT2D eigenvalue weighted by atomic mass is 10.1. The minimum absolute atomic E-state index is 0.0757. The summed E-state index contributed by atoms with van der Waals surface area (Å²) in [7, 11) is 0. The van der Waals surface area contributed by atoms with Gasteiger partial charge in [0.15, 0.2) is 3.95 Å². The number of carbonyl (C=O) groups excluding carboxylic acids is 1. The standard InChI is InChI=1S/C16H18N2O3S2/c1-10-14(23-16(22)17-10)8-15(20)18-5-6-21-13(9-18)11-3-2-4-12(19)7-11/h2-4,7,13,19H,5-6,8-9H2,1H3,(H,17,22). The van der Waals surface area contributed by atoms with E-state index in [9.17, 15) is 9.90 Å². The van der Waals surface area contributed by atoms with Crippen LogP contribution in [-0.2, 0) is 16.0 Å². The number of aromatic hydroxyl groups is 1. The number of phenols is 1. The number of hydrogen-bond donors (Lipinski definition) is 2. The van der Waals surface area contributed by atoms with Crippen LogP contribution < -0.4 is 0 Å². The highest BCUT2D eigenvalue weighted by atomic mass is 32.1. The molecule has 5 nitrogen and oxygen atoms in total. The molecule has 1 aromatic heterocycles. The van der Waals surface area contributed by atoms with Crippen LogP contribution >= 0.6 is 23.6 Å². The van der Waals surface area contributed by atoms with E-state index in [0.717, 1.165) is 16.1 Å². The fourth-order valence-electron chi connectivity index (χ4n) is 2.66. The zero-order chi connectivity index (χ0) is 16.4. The SMILES string of the molecule is Cc1[nH]c(=S)sc1CC(=O)N1CCOC(c2cccc(O)c2)C1. The molecule has 1 fully saturated rings. The zero-order valence-corrected chi connectivity index (χ0v) is 14.4. The number of benzene rings is 1. The molecule has 0 bridgehead atoms. The summed E-state index contributed by atoms with van der Waals surface area (Å²) in [5.74, 6) is 0.282. The molecule has 0 saturated carbocycles. The Kier molecular flexibility index (Phi) is 4.79. The van der Waals surface area contributed by atoms with Gasteiger partial charge < -0.3 is 19.7 Å². The van der Waals surface area contributed by atoms with Gasteiger partial charge in [0.05, 0.1) is 19.6 Å². The van der Waals surface area contributed by atoms with E-state index >= 15 is 0 Å². The molecule has 0 radical (unpaired) electrons. The zero-order valence-electron chi connectivity index (χ0n) is 12.7. The highest BCUT2D eigenvalue weighted by Crippen LogP contribution is 2.25. The Bertz CT molecular complexity index is 769. The molecular formula is C16H18N2O3S2. The van der Waals surface area contributed by atoms with E-state index in [1.807, 2.05) is 17.9 Å². The van der Waals surface area contributed by atoms with Crippen molar-refractivity contribution in [2.45, 2.75) is 19.4 Å². The number of ether oxygens (including phenoxy) is 1. The second-order valence-electron chi connectivity index (χ2n) is 5.53. The summed E-state index contributed by atoms with van der Waals surface area (Å²) in [5.41, 5.74) is 1.85. The number of thiazole rings is 1. The van der Waals surface area contributed by atoms with Crippen LogP contribution in [-0.4, -0.2) is 40.6 Å². The van der Waals surface area contributed by atoms with Crippen LogP contribution in [0.15, 0.2) is 24.3 Å². The molecule has 0 spiro atoms. The monoisotopic (exact) mass is 350 g/mol. The van der Waals surface area contributed by atoms with Crippen LogP contribution in [0.25, 0.3) is 0 Å². The fraction of sp³-hybridized carbons (Fsp3) is 0.375. The summed E-state index contributed by atoms with van der Waals surface area (Å²) < 4.78 is 6.45. The molecule has 7 heteroatoms. The van der Waals surface area contributed by atoms with Crippen molar-refractivity contribution in [2.24, 2.45) is 0 Å². The van der Waals surface area contributed by atoms with Crippen LogP contribution in [0.1, 0.15) is 22.2 Å². The predicted molar refractivity (Wildman–Crippen MR) is 91.3 cm³/mol. The summed E-state index contributed by atoms with van der Waals surface area (Å²) in [5, 5.41) is 9.60. The first kappa shape index (κ1) is 16.2. The first-order valence-corrected chi connectivity index (χ1v) is 8.62. The van der Waals surface area contributed by atoms with Gasteiger partial charge in [-0.1, -0.05) is 12.1 Å². The van der Waals surface area contributed by atoms with Crippen molar-refractivity contribution in [1.29, 1.82) is 0 Å². The summed E-state index contributed by atoms with van der Waals surface area (Å²) in [6.45, 7) is 3.51. The van der Waals surface area contributed by atoms with E-state index in [1.54, 1.807) is 18.2 Å². The maximum atomic E-state index is 12.6. The number of aromatic nitrogens is 1. The van der Waals surface area contributed by atoms with E-state index in [4.69, 9.17) is 17.0 Å². The largest absolute Gasteiger partial charge is 0.508 e. The molecule has 0 aliphatic carbocycles. The van der Waals surface area contributed by atoms with Gasteiger partial charge in [0.1, 0.15) is 11.9 Å². The van der Waals surface area contributed by atoms with Crippen LogP contribution in [0.5, 0.6) is 5.75 Å². The van der Waals surface area contributed by atoms with Crippen molar-refractivity contribution in [3.05, 3.63) is 44.4 Å². The van der Waals surface area contributed by atoms with E-state index in [-0.39, 0.29) is 17.8 Å². The lowest BCUT2D eigenvalue weighted by Gasteiger charge is -2.33. The third kappa shape index (κ3) is 3.80. The Balaban J connectivity index is 1.69. The van der Waals surface area contributed by atoms with Crippen molar-refractivity contribution >= 4 is 29.5 Å². The number of amides is 1. The molecule has 1 unspecified atom stereocenters. The van der Waals surface area contributed by atoms with Crippen molar-refractivity contribution in [3.8, 4) is 5.75 Å². The third-order valence-corrected chi connectivity index (χ3v) is 5.23. The average molecular weight is 350 g/mol. The Hall–Kier alpha value is -1.70. The van der Waals surface area contributed by atoms with E-state index in [2.05, 4.69) is 4.98 Å². The second-order valence-corrected chi connectivity index (χ2v) is 7.31. The van der Waals surface area contributed by atoms with Gasteiger partial charge in [0.2, 0.25) is 5.91 Å². The molecular weight excluding hydrogens is 332 g/mol. The first-order chi connectivity index (χ1) is 11.0. The lowest BCUT2D eigenvalue weighted by molar-refractivity contribution is -0.138.